The molecular weight excluding hydrogens is 289 g/mol. The fraction of sp³-hybridized carbons (Fsp3) is 0.316. The third-order valence-corrected chi connectivity index (χ3v) is 7.07. The van der Waals surface area contributed by atoms with Crippen molar-refractivity contribution in [2.75, 3.05) is 6.16 Å². The molecular formula is C19H22NOP. The summed E-state index contributed by atoms with van der Waals surface area (Å²) in [5, 5.41) is 10.4. The number of nitrogens with zero attached hydrogens (tertiary/aromatic N) is 1. The highest BCUT2D eigenvalue weighted by molar-refractivity contribution is 7.78. The van der Waals surface area contributed by atoms with Crippen molar-refractivity contribution in [3.63, 3.8) is 0 Å². The molecule has 2 nitrogen and oxygen atoms in total. The van der Waals surface area contributed by atoms with E-state index in [0.29, 0.717) is 12.6 Å². The van der Waals surface area contributed by atoms with Crippen LogP contribution in [0, 0.1) is 11.3 Å². The SMILES string of the molecule is N#CCCCCCCP(=O)(c1ccccc1)c1ccccc1. The highest BCUT2D eigenvalue weighted by Gasteiger charge is 2.26. The summed E-state index contributed by atoms with van der Waals surface area (Å²) >= 11 is 0. The van der Waals surface area contributed by atoms with Gasteiger partial charge in [-0.2, -0.15) is 5.26 Å². The highest BCUT2D eigenvalue weighted by Crippen LogP contribution is 2.44. The number of hydrogen-bond donors (Lipinski definition) is 0. The molecule has 0 saturated heterocycles. The van der Waals surface area contributed by atoms with Crippen LogP contribution in [0.5, 0.6) is 0 Å². The van der Waals surface area contributed by atoms with E-state index in [1.807, 2.05) is 60.7 Å². The Kier molecular flexibility index (Phi) is 6.44. The first-order valence-electron chi connectivity index (χ1n) is 7.84. The molecule has 2 rings (SSSR count). The van der Waals surface area contributed by atoms with Gasteiger partial charge in [0.15, 0.2) is 0 Å². The van der Waals surface area contributed by atoms with Crippen LogP contribution in [0.15, 0.2) is 60.7 Å². The van der Waals surface area contributed by atoms with Crippen molar-refractivity contribution in [1.82, 2.24) is 0 Å². The predicted molar refractivity (Wildman–Crippen MR) is 93.3 cm³/mol. The van der Waals surface area contributed by atoms with Crippen molar-refractivity contribution in [3.05, 3.63) is 60.7 Å². The van der Waals surface area contributed by atoms with Gasteiger partial charge in [-0.05, 0) is 12.8 Å². The lowest BCUT2D eigenvalue weighted by Gasteiger charge is -2.19. The Bertz CT molecular complexity index is 603. The first kappa shape index (κ1) is 16.5. The molecule has 0 radical (unpaired) electrons. The van der Waals surface area contributed by atoms with Gasteiger partial charge < -0.3 is 4.57 Å². The van der Waals surface area contributed by atoms with Crippen molar-refractivity contribution in [2.24, 2.45) is 0 Å². The molecule has 0 spiro atoms. The van der Waals surface area contributed by atoms with Crippen molar-refractivity contribution in [3.8, 4) is 6.07 Å². The minimum Gasteiger partial charge on any atom is -0.314 e. The van der Waals surface area contributed by atoms with Gasteiger partial charge in [0.05, 0.1) is 6.07 Å². The van der Waals surface area contributed by atoms with E-state index in [0.717, 1.165) is 36.3 Å². The Labute approximate surface area is 133 Å². The molecule has 0 atom stereocenters. The molecule has 0 saturated carbocycles. The molecule has 0 amide bonds. The molecule has 114 valence electrons. The third-order valence-electron chi connectivity index (χ3n) is 3.86. The van der Waals surface area contributed by atoms with Crippen LogP contribution in [0.25, 0.3) is 0 Å². The summed E-state index contributed by atoms with van der Waals surface area (Å²) in [7, 11) is -2.54. The maximum atomic E-state index is 13.7. The van der Waals surface area contributed by atoms with Gasteiger partial charge in [-0.3, -0.25) is 0 Å². The standard InChI is InChI=1S/C19H22NOP/c20-16-10-2-1-3-11-17-22(21,18-12-6-4-7-13-18)19-14-8-5-9-15-19/h4-9,12-15H,1-3,10-11,17H2. The minimum atomic E-state index is -2.54. The van der Waals surface area contributed by atoms with Gasteiger partial charge in [-0.1, -0.05) is 73.5 Å². The van der Waals surface area contributed by atoms with Gasteiger partial charge in [0.2, 0.25) is 0 Å². The van der Waals surface area contributed by atoms with Crippen LogP contribution in [0.3, 0.4) is 0 Å². The fourth-order valence-electron chi connectivity index (χ4n) is 2.64. The van der Waals surface area contributed by atoms with E-state index < -0.39 is 7.14 Å². The molecule has 0 aliphatic rings. The van der Waals surface area contributed by atoms with Crippen molar-refractivity contribution >= 4 is 17.8 Å². The lowest BCUT2D eigenvalue weighted by Crippen LogP contribution is -2.18. The smallest absolute Gasteiger partial charge is 0.143 e. The average Bonchev–Trinajstić information content (AvgIpc) is 2.59. The van der Waals surface area contributed by atoms with Crippen LogP contribution in [0.2, 0.25) is 0 Å². The normalized spacial score (nSPS) is 11.0. The molecule has 0 fully saturated rings. The van der Waals surface area contributed by atoms with Crippen LogP contribution in [-0.4, -0.2) is 6.16 Å². The second kappa shape index (κ2) is 8.57. The Morgan fingerprint density at radius 2 is 1.27 bits per heavy atom. The van der Waals surface area contributed by atoms with Crippen LogP contribution in [0.4, 0.5) is 0 Å². The van der Waals surface area contributed by atoms with E-state index in [9.17, 15) is 4.57 Å². The Balaban J connectivity index is 2.11. The number of hydrogen-bond acceptors (Lipinski definition) is 2. The summed E-state index contributed by atoms with van der Waals surface area (Å²) in [4.78, 5) is 0. The van der Waals surface area contributed by atoms with Crippen LogP contribution >= 0.6 is 7.14 Å². The maximum absolute atomic E-state index is 13.7. The number of unbranched alkanes of at least 4 members (excludes halogenated alkanes) is 4. The molecule has 2 aromatic carbocycles. The van der Waals surface area contributed by atoms with E-state index in [4.69, 9.17) is 5.26 Å². The zero-order valence-corrected chi connectivity index (χ0v) is 13.7. The van der Waals surface area contributed by atoms with Crippen LogP contribution in [-0.2, 0) is 4.57 Å². The monoisotopic (exact) mass is 311 g/mol. The molecule has 0 aromatic heterocycles. The largest absolute Gasteiger partial charge is 0.314 e. The van der Waals surface area contributed by atoms with E-state index in [1.165, 1.54) is 0 Å². The van der Waals surface area contributed by atoms with Crippen LogP contribution in [0.1, 0.15) is 32.1 Å². The molecule has 0 aliphatic carbocycles. The first-order valence-corrected chi connectivity index (χ1v) is 9.74. The van der Waals surface area contributed by atoms with E-state index in [-0.39, 0.29) is 0 Å². The first-order chi connectivity index (χ1) is 10.8. The van der Waals surface area contributed by atoms with Crippen LogP contribution < -0.4 is 10.6 Å². The summed E-state index contributed by atoms with van der Waals surface area (Å²) in [5.74, 6) is 0. The predicted octanol–water partition coefficient (Wildman–Crippen LogP) is 4.47. The number of benzene rings is 2. The molecule has 0 heterocycles. The average molecular weight is 311 g/mol. The van der Waals surface area contributed by atoms with Crippen molar-refractivity contribution in [2.45, 2.75) is 32.1 Å². The third kappa shape index (κ3) is 4.33. The van der Waals surface area contributed by atoms with Gasteiger partial charge in [-0.15, -0.1) is 0 Å². The van der Waals surface area contributed by atoms with Gasteiger partial charge in [-0.25, -0.2) is 0 Å². The van der Waals surface area contributed by atoms with E-state index >= 15 is 0 Å². The number of nitriles is 1. The summed E-state index contributed by atoms with van der Waals surface area (Å²) in [5.41, 5.74) is 0. The summed E-state index contributed by atoms with van der Waals surface area (Å²) in [6, 6.07) is 21.8. The molecule has 3 heteroatoms. The fourth-order valence-corrected chi connectivity index (χ4v) is 5.43. The Hall–Kier alpha value is -1.84. The van der Waals surface area contributed by atoms with Gasteiger partial charge in [0.1, 0.15) is 7.14 Å². The summed E-state index contributed by atoms with van der Waals surface area (Å²) < 4.78 is 13.7. The summed E-state index contributed by atoms with van der Waals surface area (Å²) in [6.45, 7) is 0. The quantitative estimate of drug-likeness (QED) is 0.533. The minimum absolute atomic E-state index is 0.620. The number of rotatable bonds is 8. The zero-order chi connectivity index (χ0) is 15.7. The van der Waals surface area contributed by atoms with Gasteiger partial charge >= 0.3 is 0 Å². The molecule has 22 heavy (non-hydrogen) atoms. The maximum Gasteiger partial charge on any atom is 0.143 e. The Morgan fingerprint density at radius 3 is 1.77 bits per heavy atom. The molecule has 0 unspecified atom stereocenters. The lowest BCUT2D eigenvalue weighted by atomic mass is 10.2. The van der Waals surface area contributed by atoms with E-state index in [1.54, 1.807) is 0 Å². The van der Waals surface area contributed by atoms with Gasteiger partial charge in [0, 0.05) is 23.2 Å². The summed E-state index contributed by atoms with van der Waals surface area (Å²) in [6.07, 6.45) is 5.27. The van der Waals surface area contributed by atoms with E-state index in [2.05, 4.69) is 6.07 Å². The van der Waals surface area contributed by atoms with Crippen molar-refractivity contribution < 1.29 is 4.57 Å². The topological polar surface area (TPSA) is 40.9 Å². The second-order valence-electron chi connectivity index (χ2n) is 5.46. The molecule has 0 N–H and O–H groups in total. The lowest BCUT2D eigenvalue weighted by molar-refractivity contribution is 0.582. The molecule has 0 aliphatic heterocycles. The van der Waals surface area contributed by atoms with Crippen molar-refractivity contribution in [1.29, 1.82) is 5.26 Å². The zero-order valence-electron chi connectivity index (χ0n) is 12.8. The Morgan fingerprint density at radius 1 is 0.773 bits per heavy atom. The molecule has 0 bridgehead atoms. The van der Waals surface area contributed by atoms with Gasteiger partial charge in [0.25, 0.3) is 0 Å². The second-order valence-corrected chi connectivity index (χ2v) is 8.42. The highest BCUT2D eigenvalue weighted by atomic mass is 31.2. The molecule has 2 aromatic rings.